The van der Waals surface area contributed by atoms with Crippen molar-refractivity contribution in [3.8, 4) is 0 Å². The minimum Gasteiger partial charge on any atom is -0.371 e. The highest BCUT2D eigenvalue weighted by Gasteiger charge is 2.18. The van der Waals surface area contributed by atoms with Crippen molar-refractivity contribution >= 4 is 17.3 Å². The summed E-state index contributed by atoms with van der Waals surface area (Å²) in [5.74, 6) is -0.110. The number of carbonyl (C=O) groups is 1. The molecule has 2 aromatic rings. The molecule has 0 bridgehead atoms. The lowest BCUT2D eigenvalue weighted by molar-refractivity contribution is 0.102. The number of carbonyl (C=O) groups excluding carboxylic acids is 1. The molecule has 1 aromatic heterocycles. The van der Waals surface area contributed by atoms with Crippen molar-refractivity contribution in [1.82, 2.24) is 4.98 Å². The molecule has 1 aliphatic rings. The van der Waals surface area contributed by atoms with Crippen molar-refractivity contribution in [3.63, 3.8) is 0 Å². The van der Waals surface area contributed by atoms with Gasteiger partial charge in [-0.3, -0.25) is 9.78 Å². The van der Waals surface area contributed by atoms with Crippen molar-refractivity contribution in [1.29, 1.82) is 0 Å². The third kappa shape index (κ3) is 3.67. The highest BCUT2D eigenvalue weighted by atomic mass is 19.1. The summed E-state index contributed by atoms with van der Waals surface area (Å²) in [5.41, 5.74) is 1.45. The van der Waals surface area contributed by atoms with Gasteiger partial charge in [0.1, 0.15) is 11.5 Å². The first-order chi connectivity index (χ1) is 11.1. The summed E-state index contributed by atoms with van der Waals surface area (Å²) in [7, 11) is 0. The molecule has 0 unspecified atom stereocenters. The van der Waals surface area contributed by atoms with Crippen molar-refractivity contribution < 1.29 is 9.18 Å². The molecule has 1 aliphatic heterocycles. The Balaban J connectivity index is 1.74. The van der Waals surface area contributed by atoms with Gasteiger partial charge in [-0.05, 0) is 43.0 Å². The van der Waals surface area contributed by atoms with Crippen molar-refractivity contribution in [2.45, 2.75) is 19.8 Å². The van der Waals surface area contributed by atoms with Crippen molar-refractivity contribution in [2.24, 2.45) is 5.92 Å². The van der Waals surface area contributed by atoms with E-state index >= 15 is 0 Å². The lowest BCUT2D eigenvalue weighted by atomic mass is 9.99. The van der Waals surface area contributed by atoms with E-state index in [1.165, 1.54) is 12.1 Å². The first kappa shape index (κ1) is 15.5. The first-order valence-electron chi connectivity index (χ1n) is 7.90. The number of amides is 1. The summed E-state index contributed by atoms with van der Waals surface area (Å²) in [5, 5.41) is 2.57. The monoisotopic (exact) mass is 313 g/mol. The molecule has 4 nitrogen and oxygen atoms in total. The highest BCUT2D eigenvalue weighted by Crippen LogP contribution is 2.23. The summed E-state index contributed by atoms with van der Waals surface area (Å²) < 4.78 is 13.6. The number of piperidine rings is 1. The molecule has 1 amide bonds. The highest BCUT2D eigenvalue weighted by molar-refractivity contribution is 6.03. The zero-order valence-corrected chi connectivity index (χ0v) is 13.1. The lowest BCUT2D eigenvalue weighted by Gasteiger charge is -2.32. The smallest absolute Gasteiger partial charge is 0.274 e. The molecule has 0 radical (unpaired) electrons. The number of pyridine rings is 1. The summed E-state index contributed by atoms with van der Waals surface area (Å²) >= 11 is 0. The van der Waals surface area contributed by atoms with E-state index in [2.05, 4.69) is 22.1 Å². The van der Waals surface area contributed by atoms with Crippen LogP contribution in [-0.2, 0) is 0 Å². The molecular weight excluding hydrogens is 293 g/mol. The standard InChI is InChI=1S/C18H20FN3O/c1-13-7-10-22(11-8-13)14-6-9-20-17(12-14)18(23)21-16-5-3-2-4-15(16)19/h2-6,9,12-13H,7-8,10-11H2,1H3,(H,21,23). The fraction of sp³-hybridized carbons (Fsp3) is 0.333. The molecular formula is C18H20FN3O. The third-order valence-corrected chi connectivity index (χ3v) is 4.25. The number of nitrogens with zero attached hydrogens (tertiary/aromatic N) is 2. The van der Waals surface area contributed by atoms with Gasteiger partial charge in [0.2, 0.25) is 0 Å². The quantitative estimate of drug-likeness (QED) is 0.939. The van der Waals surface area contributed by atoms with Crippen LogP contribution in [0.25, 0.3) is 0 Å². The average molecular weight is 313 g/mol. The summed E-state index contributed by atoms with van der Waals surface area (Å²) in [6.07, 6.45) is 3.93. The molecule has 0 saturated carbocycles. The van der Waals surface area contributed by atoms with Gasteiger partial charge in [0.15, 0.2) is 0 Å². The van der Waals surface area contributed by atoms with E-state index in [0.717, 1.165) is 37.5 Å². The number of nitrogens with one attached hydrogen (secondary N) is 1. The van der Waals surface area contributed by atoms with Gasteiger partial charge in [-0.1, -0.05) is 19.1 Å². The number of halogens is 1. The SMILES string of the molecule is CC1CCN(c2ccnc(C(=O)Nc3ccccc3F)c2)CC1. The zero-order valence-electron chi connectivity index (χ0n) is 13.1. The fourth-order valence-corrected chi connectivity index (χ4v) is 2.76. The third-order valence-electron chi connectivity index (χ3n) is 4.25. The van der Waals surface area contributed by atoms with Gasteiger partial charge >= 0.3 is 0 Å². The van der Waals surface area contributed by atoms with Crippen LogP contribution in [-0.4, -0.2) is 24.0 Å². The number of benzene rings is 1. The van der Waals surface area contributed by atoms with Crippen molar-refractivity contribution in [3.05, 3.63) is 54.1 Å². The Morgan fingerprint density at radius 2 is 2.00 bits per heavy atom. The molecule has 2 heterocycles. The molecule has 1 N–H and O–H groups in total. The predicted octanol–water partition coefficient (Wildman–Crippen LogP) is 3.71. The van der Waals surface area contributed by atoms with E-state index in [9.17, 15) is 9.18 Å². The van der Waals surface area contributed by atoms with Gasteiger partial charge in [-0.2, -0.15) is 0 Å². The second kappa shape index (κ2) is 6.77. The second-order valence-electron chi connectivity index (χ2n) is 6.00. The van der Waals surface area contributed by atoms with Crippen LogP contribution in [0.2, 0.25) is 0 Å². The van der Waals surface area contributed by atoms with E-state index in [0.29, 0.717) is 5.69 Å². The van der Waals surface area contributed by atoms with Crippen molar-refractivity contribution in [2.75, 3.05) is 23.3 Å². The molecule has 1 aromatic carbocycles. The number of rotatable bonds is 3. The Bertz CT molecular complexity index is 696. The first-order valence-corrected chi connectivity index (χ1v) is 7.90. The van der Waals surface area contributed by atoms with E-state index in [1.807, 2.05) is 6.07 Å². The number of aromatic nitrogens is 1. The Hall–Kier alpha value is -2.43. The normalized spacial score (nSPS) is 15.5. The number of hydrogen-bond donors (Lipinski definition) is 1. The topological polar surface area (TPSA) is 45.2 Å². The van der Waals surface area contributed by atoms with E-state index < -0.39 is 11.7 Å². The molecule has 1 saturated heterocycles. The molecule has 1 fully saturated rings. The van der Waals surface area contributed by atoms with Crippen LogP contribution < -0.4 is 10.2 Å². The van der Waals surface area contributed by atoms with Crippen LogP contribution in [0.1, 0.15) is 30.3 Å². The van der Waals surface area contributed by atoms with Gasteiger partial charge in [0, 0.05) is 25.0 Å². The molecule has 0 atom stereocenters. The minimum atomic E-state index is -0.456. The van der Waals surface area contributed by atoms with Crippen LogP contribution in [0, 0.1) is 11.7 Å². The Labute approximate surface area is 135 Å². The minimum absolute atomic E-state index is 0.163. The van der Waals surface area contributed by atoms with Gasteiger partial charge in [-0.15, -0.1) is 0 Å². The van der Waals surface area contributed by atoms with Crippen LogP contribution in [0.15, 0.2) is 42.6 Å². The molecule has 0 spiro atoms. The molecule has 5 heteroatoms. The largest absolute Gasteiger partial charge is 0.371 e. The maximum Gasteiger partial charge on any atom is 0.274 e. The van der Waals surface area contributed by atoms with Crippen LogP contribution in [0.4, 0.5) is 15.8 Å². The summed E-state index contributed by atoms with van der Waals surface area (Å²) in [4.78, 5) is 18.7. The Morgan fingerprint density at radius 1 is 1.26 bits per heavy atom. The van der Waals surface area contributed by atoms with E-state index in [1.54, 1.807) is 24.4 Å². The van der Waals surface area contributed by atoms with E-state index in [4.69, 9.17) is 0 Å². The molecule has 120 valence electrons. The predicted molar refractivity (Wildman–Crippen MR) is 89.2 cm³/mol. The van der Waals surface area contributed by atoms with E-state index in [-0.39, 0.29) is 5.69 Å². The fourth-order valence-electron chi connectivity index (χ4n) is 2.76. The van der Waals surface area contributed by atoms with Gasteiger partial charge in [-0.25, -0.2) is 4.39 Å². The van der Waals surface area contributed by atoms with Gasteiger partial charge < -0.3 is 10.2 Å². The molecule has 0 aliphatic carbocycles. The maximum absolute atomic E-state index is 13.6. The van der Waals surface area contributed by atoms with Crippen LogP contribution in [0.5, 0.6) is 0 Å². The summed E-state index contributed by atoms with van der Waals surface area (Å²) in [6, 6.07) is 9.79. The Morgan fingerprint density at radius 3 is 2.74 bits per heavy atom. The zero-order chi connectivity index (χ0) is 16.2. The lowest BCUT2D eigenvalue weighted by Crippen LogP contribution is -2.33. The van der Waals surface area contributed by atoms with Gasteiger partial charge in [0.05, 0.1) is 5.69 Å². The van der Waals surface area contributed by atoms with Gasteiger partial charge in [0.25, 0.3) is 5.91 Å². The number of anilines is 2. The van der Waals surface area contributed by atoms with Crippen LogP contribution in [0.3, 0.4) is 0 Å². The second-order valence-corrected chi connectivity index (χ2v) is 6.00. The summed E-state index contributed by atoms with van der Waals surface area (Å²) in [6.45, 7) is 4.23. The Kier molecular flexibility index (Phi) is 4.55. The average Bonchev–Trinajstić information content (AvgIpc) is 2.58. The molecule has 3 rings (SSSR count). The molecule has 23 heavy (non-hydrogen) atoms. The van der Waals surface area contributed by atoms with Crippen LogP contribution >= 0.6 is 0 Å². The number of para-hydroxylation sites is 1. The number of hydrogen-bond acceptors (Lipinski definition) is 3. The maximum atomic E-state index is 13.6.